The molecule has 0 radical (unpaired) electrons. The second-order valence-electron chi connectivity index (χ2n) is 5.07. The standard InChI is InChI=1S/C11H24N2O2S/c1-10-5-4-6-12-11(10)9-13(2)7-8-16(3,14)15/h10-12H,4-9H2,1-3H3. The third-order valence-corrected chi connectivity index (χ3v) is 4.21. The van der Waals surface area contributed by atoms with Crippen LogP contribution in [0.2, 0.25) is 0 Å². The summed E-state index contributed by atoms with van der Waals surface area (Å²) in [4.78, 5) is 2.11. The van der Waals surface area contributed by atoms with Crippen LogP contribution in [0.25, 0.3) is 0 Å². The van der Waals surface area contributed by atoms with Gasteiger partial charge < -0.3 is 10.2 Å². The van der Waals surface area contributed by atoms with E-state index in [9.17, 15) is 8.42 Å². The maximum Gasteiger partial charge on any atom is 0.148 e. The molecule has 5 heteroatoms. The van der Waals surface area contributed by atoms with Crippen LogP contribution >= 0.6 is 0 Å². The molecule has 0 spiro atoms. The van der Waals surface area contributed by atoms with Crippen molar-refractivity contribution in [3.63, 3.8) is 0 Å². The third-order valence-electron chi connectivity index (χ3n) is 3.28. The average Bonchev–Trinajstić information content (AvgIpc) is 2.18. The second-order valence-corrected chi connectivity index (χ2v) is 7.33. The highest BCUT2D eigenvalue weighted by molar-refractivity contribution is 7.90. The van der Waals surface area contributed by atoms with Crippen LogP contribution in [0, 0.1) is 5.92 Å². The van der Waals surface area contributed by atoms with Crippen LogP contribution in [0.4, 0.5) is 0 Å². The first-order valence-corrected chi connectivity index (χ1v) is 8.04. The summed E-state index contributed by atoms with van der Waals surface area (Å²) in [7, 11) is -0.841. The lowest BCUT2D eigenvalue weighted by Crippen LogP contribution is -2.47. The Bertz CT molecular complexity index is 303. The van der Waals surface area contributed by atoms with Crippen LogP contribution in [-0.4, -0.2) is 58.1 Å². The minimum atomic E-state index is -2.84. The summed E-state index contributed by atoms with van der Waals surface area (Å²) in [5, 5.41) is 3.51. The van der Waals surface area contributed by atoms with Crippen molar-refractivity contribution in [1.29, 1.82) is 0 Å². The van der Waals surface area contributed by atoms with Gasteiger partial charge in [0.05, 0.1) is 5.75 Å². The van der Waals surface area contributed by atoms with Gasteiger partial charge >= 0.3 is 0 Å². The van der Waals surface area contributed by atoms with E-state index >= 15 is 0 Å². The molecule has 0 aromatic rings. The molecule has 1 heterocycles. The largest absolute Gasteiger partial charge is 0.312 e. The topological polar surface area (TPSA) is 49.4 Å². The molecule has 16 heavy (non-hydrogen) atoms. The average molecular weight is 248 g/mol. The molecule has 1 aliphatic heterocycles. The Morgan fingerprint density at radius 2 is 2.12 bits per heavy atom. The van der Waals surface area contributed by atoms with Gasteiger partial charge in [0.1, 0.15) is 9.84 Å². The predicted molar refractivity (Wildman–Crippen MR) is 67.4 cm³/mol. The van der Waals surface area contributed by atoms with Crippen molar-refractivity contribution >= 4 is 9.84 Å². The smallest absolute Gasteiger partial charge is 0.148 e. The van der Waals surface area contributed by atoms with Gasteiger partial charge in [-0.05, 0) is 32.4 Å². The van der Waals surface area contributed by atoms with E-state index in [1.165, 1.54) is 19.1 Å². The van der Waals surface area contributed by atoms with Gasteiger partial charge in [-0.2, -0.15) is 0 Å². The highest BCUT2D eigenvalue weighted by Gasteiger charge is 2.21. The van der Waals surface area contributed by atoms with Gasteiger partial charge in [0.2, 0.25) is 0 Å². The molecule has 0 aromatic carbocycles. The highest BCUT2D eigenvalue weighted by atomic mass is 32.2. The van der Waals surface area contributed by atoms with Crippen LogP contribution in [0.3, 0.4) is 0 Å². The Morgan fingerprint density at radius 1 is 1.44 bits per heavy atom. The summed E-state index contributed by atoms with van der Waals surface area (Å²) < 4.78 is 22.1. The molecule has 1 fully saturated rings. The van der Waals surface area contributed by atoms with Gasteiger partial charge in [0.15, 0.2) is 0 Å². The Morgan fingerprint density at radius 3 is 2.69 bits per heavy atom. The van der Waals surface area contributed by atoms with E-state index in [-0.39, 0.29) is 5.75 Å². The summed E-state index contributed by atoms with van der Waals surface area (Å²) in [6.45, 7) is 4.93. The molecule has 0 amide bonds. The molecule has 1 N–H and O–H groups in total. The number of nitrogens with one attached hydrogen (secondary N) is 1. The number of hydrogen-bond donors (Lipinski definition) is 1. The Balaban J connectivity index is 2.30. The first kappa shape index (κ1) is 13.9. The van der Waals surface area contributed by atoms with E-state index in [1.54, 1.807) is 0 Å². The molecular formula is C11H24N2O2S. The van der Waals surface area contributed by atoms with Crippen molar-refractivity contribution in [3.8, 4) is 0 Å². The van der Waals surface area contributed by atoms with Crippen molar-refractivity contribution in [2.24, 2.45) is 5.92 Å². The van der Waals surface area contributed by atoms with Crippen LogP contribution in [0.15, 0.2) is 0 Å². The van der Waals surface area contributed by atoms with Gasteiger partial charge in [-0.1, -0.05) is 6.92 Å². The highest BCUT2D eigenvalue weighted by Crippen LogP contribution is 2.15. The maximum atomic E-state index is 11.0. The number of likely N-dealkylation sites (N-methyl/N-ethyl adjacent to an activating group) is 1. The molecule has 4 nitrogen and oxygen atoms in total. The maximum absolute atomic E-state index is 11.0. The second kappa shape index (κ2) is 5.98. The first-order valence-electron chi connectivity index (χ1n) is 5.98. The van der Waals surface area contributed by atoms with E-state index in [4.69, 9.17) is 0 Å². The van der Waals surface area contributed by atoms with E-state index in [0.29, 0.717) is 18.5 Å². The van der Waals surface area contributed by atoms with Crippen LogP contribution in [0.1, 0.15) is 19.8 Å². The normalized spacial score (nSPS) is 27.2. The van der Waals surface area contributed by atoms with Crippen LogP contribution in [0.5, 0.6) is 0 Å². The van der Waals surface area contributed by atoms with Crippen molar-refractivity contribution in [2.75, 3.05) is 38.7 Å². The fraction of sp³-hybridized carbons (Fsp3) is 1.00. The van der Waals surface area contributed by atoms with E-state index in [2.05, 4.69) is 17.1 Å². The van der Waals surface area contributed by atoms with Crippen molar-refractivity contribution in [2.45, 2.75) is 25.8 Å². The summed E-state index contributed by atoms with van der Waals surface area (Å²) in [5.74, 6) is 0.944. The third kappa shape index (κ3) is 5.27. The summed E-state index contributed by atoms with van der Waals surface area (Å²) in [5.41, 5.74) is 0. The van der Waals surface area contributed by atoms with E-state index in [0.717, 1.165) is 13.1 Å². The molecule has 0 aliphatic carbocycles. The van der Waals surface area contributed by atoms with E-state index < -0.39 is 9.84 Å². The number of nitrogens with zero attached hydrogens (tertiary/aromatic N) is 1. The Labute approximate surface area is 99.3 Å². The lowest BCUT2D eigenvalue weighted by atomic mass is 9.92. The monoisotopic (exact) mass is 248 g/mol. The lowest BCUT2D eigenvalue weighted by molar-refractivity contribution is 0.222. The zero-order valence-electron chi connectivity index (χ0n) is 10.6. The lowest BCUT2D eigenvalue weighted by Gasteiger charge is -2.33. The van der Waals surface area contributed by atoms with Gasteiger partial charge in [0, 0.05) is 25.4 Å². The number of piperidine rings is 1. The predicted octanol–water partition coefficient (Wildman–Crippen LogP) is 0.351. The van der Waals surface area contributed by atoms with Gasteiger partial charge in [-0.15, -0.1) is 0 Å². The minimum absolute atomic E-state index is 0.255. The first-order chi connectivity index (χ1) is 7.38. The Kier molecular flexibility index (Phi) is 5.21. The number of rotatable bonds is 5. The fourth-order valence-electron chi connectivity index (χ4n) is 2.11. The summed E-state index contributed by atoms with van der Waals surface area (Å²) in [6, 6.07) is 0.512. The summed E-state index contributed by atoms with van der Waals surface area (Å²) in [6.07, 6.45) is 3.82. The molecule has 0 bridgehead atoms. The molecular weight excluding hydrogens is 224 g/mol. The molecule has 0 aromatic heterocycles. The quantitative estimate of drug-likeness (QED) is 0.763. The zero-order valence-corrected chi connectivity index (χ0v) is 11.4. The van der Waals surface area contributed by atoms with Crippen molar-refractivity contribution < 1.29 is 8.42 Å². The number of sulfone groups is 1. The molecule has 1 aliphatic rings. The van der Waals surface area contributed by atoms with Gasteiger partial charge in [-0.25, -0.2) is 8.42 Å². The Hall–Kier alpha value is -0.130. The molecule has 2 atom stereocenters. The SMILES string of the molecule is CC1CCCNC1CN(C)CCS(C)(=O)=O. The molecule has 2 unspecified atom stereocenters. The number of hydrogen-bond acceptors (Lipinski definition) is 4. The van der Waals surface area contributed by atoms with Crippen molar-refractivity contribution in [3.05, 3.63) is 0 Å². The summed E-state index contributed by atoms with van der Waals surface area (Å²) >= 11 is 0. The minimum Gasteiger partial charge on any atom is -0.312 e. The molecule has 1 rings (SSSR count). The molecule has 1 saturated heterocycles. The van der Waals surface area contributed by atoms with E-state index in [1.807, 2.05) is 7.05 Å². The van der Waals surface area contributed by atoms with Crippen molar-refractivity contribution in [1.82, 2.24) is 10.2 Å². The van der Waals surface area contributed by atoms with Gasteiger partial charge in [-0.3, -0.25) is 0 Å². The van der Waals surface area contributed by atoms with Crippen LogP contribution < -0.4 is 5.32 Å². The fourth-order valence-corrected chi connectivity index (χ4v) is 2.75. The molecule has 96 valence electrons. The zero-order chi connectivity index (χ0) is 12.2. The molecule has 0 saturated carbocycles. The van der Waals surface area contributed by atoms with Crippen LogP contribution in [-0.2, 0) is 9.84 Å². The van der Waals surface area contributed by atoms with Gasteiger partial charge in [0.25, 0.3) is 0 Å².